The Morgan fingerprint density at radius 3 is 2.77 bits per heavy atom. The number of nitrogens with zero attached hydrogens (tertiary/aromatic N) is 1. The van der Waals surface area contributed by atoms with E-state index < -0.39 is 0 Å². The second-order valence-electron chi connectivity index (χ2n) is 6.76. The minimum Gasteiger partial charge on any atom is -0.379 e. The van der Waals surface area contributed by atoms with Crippen LogP contribution in [0.4, 0.5) is 0 Å². The molecule has 22 heavy (non-hydrogen) atoms. The number of rotatable bonds is 8. The molecule has 0 aromatic heterocycles. The lowest BCUT2D eigenvalue weighted by Crippen LogP contribution is -2.55. The van der Waals surface area contributed by atoms with Crippen LogP contribution in [0, 0.1) is 0 Å². The van der Waals surface area contributed by atoms with Gasteiger partial charge in [-0.05, 0) is 33.1 Å². The van der Waals surface area contributed by atoms with Crippen LogP contribution in [0.25, 0.3) is 0 Å². The molecule has 6 heteroatoms. The van der Waals surface area contributed by atoms with Gasteiger partial charge in [0, 0.05) is 42.6 Å². The first-order valence-electron chi connectivity index (χ1n) is 8.46. The molecule has 2 fully saturated rings. The van der Waals surface area contributed by atoms with Crippen LogP contribution in [0.5, 0.6) is 0 Å². The number of hydrogen-bond acceptors (Lipinski definition) is 5. The van der Waals surface area contributed by atoms with Crippen molar-refractivity contribution >= 4 is 27.5 Å². The van der Waals surface area contributed by atoms with Crippen molar-refractivity contribution in [3.63, 3.8) is 0 Å². The van der Waals surface area contributed by atoms with Crippen molar-refractivity contribution in [2.75, 3.05) is 38.6 Å². The van der Waals surface area contributed by atoms with Gasteiger partial charge in [-0.2, -0.15) is 0 Å². The van der Waals surface area contributed by atoms with E-state index in [-0.39, 0.29) is 11.4 Å². The molecular weight excluding hydrogens is 316 g/mol. The fraction of sp³-hybridized carbons (Fsp3) is 0.938. The molecular formula is C16H30N2O2S2. The fourth-order valence-electron chi connectivity index (χ4n) is 2.91. The highest BCUT2D eigenvalue weighted by molar-refractivity contribution is 8.77. The van der Waals surface area contributed by atoms with Crippen LogP contribution in [0.15, 0.2) is 0 Å². The van der Waals surface area contributed by atoms with E-state index in [0.717, 1.165) is 44.5 Å². The summed E-state index contributed by atoms with van der Waals surface area (Å²) in [5.41, 5.74) is 0.0111. The minimum atomic E-state index is 0.0111. The summed E-state index contributed by atoms with van der Waals surface area (Å²) in [6.07, 6.45) is 5.48. The molecule has 0 bridgehead atoms. The summed E-state index contributed by atoms with van der Waals surface area (Å²) >= 11 is 0. The molecule has 2 aliphatic rings. The molecule has 0 radical (unpaired) electrons. The highest BCUT2D eigenvalue weighted by Gasteiger charge is 2.28. The number of carbonyl (C=O) groups is 1. The van der Waals surface area contributed by atoms with Crippen molar-refractivity contribution in [3.8, 4) is 0 Å². The average molecular weight is 347 g/mol. The lowest BCUT2D eigenvalue weighted by molar-refractivity contribution is -0.122. The van der Waals surface area contributed by atoms with Gasteiger partial charge in [0.2, 0.25) is 5.91 Å². The second kappa shape index (κ2) is 9.40. The molecule has 2 heterocycles. The number of ether oxygens (including phenoxy) is 1. The minimum absolute atomic E-state index is 0.0111. The lowest BCUT2D eigenvalue weighted by Gasteiger charge is -2.40. The molecule has 2 rings (SSSR count). The number of carbonyl (C=O) groups excluding carboxylic acids is 1. The SMILES string of the molecule is CC(C)(CNC(=O)CCCCC1CCSS1)N1CCOCC1. The van der Waals surface area contributed by atoms with Crippen LogP contribution in [-0.4, -0.2) is 60.2 Å². The largest absolute Gasteiger partial charge is 0.379 e. The molecule has 1 atom stereocenters. The van der Waals surface area contributed by atoms with Crippen molar-refractivity contribution in [2.24, 2.45) is 0 Å². The van der Waals surface area contributed by atoms with Crippen LogP contribution in [0.3, 0.4) is 0 Å². The molecule has 0 spiro atoms. The molecule has 2 saturated heterocycles. The Morgan fingerprint density at radius 1 is 1.32 bits per heavy atom. The van der Waals surface area contributed by atoms with E-state index in [0.29, 0.717) is 6.42 Å². The van der Waals surface area contributed by atoms with E-state index in [2.05, 4.69) is 24.1 Å². The monoisotopic (exact) mass is 346 g/mol. The van der Waals surface area contributed by atoms with Gasteiger partial charge in [-0.15, -0.1) is 0 Å². The third-order valence-electron chi connectivity index (χ3n) is 4.49. The standard InChI is InChI=1S/C16H30N2O2S2/c1-16(2,18-8-10-20-11-9-18)13-17-15(19)6-4-3-5-14-7-12-21-22-14/h14H,3-13H2,1-2H3,(H,17,19). The first-order valence-corrected chi connectivity index (χ1v) is 10.8. The molecule has 1 N–H and O–H groups in total. The zero-order valence-corrected chi connectivity index (χ0v) is 15.6. The van der Waals surface area contributed by atoms with Gasteiger partial charge in [-0.1, -0.05) is 28.0 Å². The predicted octanol–water partition coefficient (Wildman–Crippen LogP) is 2.93. The first-order chi connectivity index (χ1) is 10.6. The van der Waals surface area contributed by atoms with Gasteiger partial charge in [0.05, 0.1) is 13.2 Å². The van der Waals surface area contributed by atoms with Crippen molar-refractivity contribution in [2.45, 2.75) is 56.7 Å². The van der Waals surface area contributed by atoms with Crippen LogP contribution >= 0.6 is 21.6 Å². The van der Waals surface area contributed by atoms with Crippen molar-refractivity contribution in [1.29, 1.82) is 0 Å². The second-order valence-corrected chi connectivity index (χ2v) is 9.55. The molecule has 0 aromatic carbocycles. The van der Waals surface area contributed by atoms with E-state index >= 15 is 0 Å². The summed E-state index contributed by atoms with van der Waals surface area (Å²) in [4.78, 5) is 14.4. The van der Waals surface area contributed by atoms with Crippen molar-refractivity contribution in [3.05, 3.63) is 0 Å². The zero-order valence-electron chi connectivity index (χ0n) is 13.9. The summed E-state index contributed by atoms with van der Waals surface area (Å²) < 4.78 is 5.40. The molecule has 0 aromatic rings. The van der Waals surface area contributed by atoms with Gasteiger partial charge in [-0.3, -0.25) is 9.69 Å². The molecule has 2 aliphatic heterocycles. The predicted molar refractivity (Wildman–Crippen MR) is 96.4 cm³/mol. The molecule has 128 valence electrons. The third kappa shape index (κ3) is 6.30. The molecule has 1 unspecified atom stereocenters. The molecule has 0 saturated carbocycles. The summed E-state index contributed by atoms with van der Waals surface area (Å²) in [7, 11) is 4.03. The van der Waals surface area contributed by atoms with Crippen LogP contribution < -0.4 is 5.32 Å². The Labute approximate surface area is 142 Å². The maximum absolute atomic E-state index is 12.0. The lowest BCUT2D eigenvalue weighted by atomic mass is 10.0. The Balaban J connectivity index is 1.55. The summed E-state index contributed by atoms with van der Waals surface area (Å²) in [5, 5.41) is 3.95. The topological polar surface area (TPSA) is 41.6 Å². The van der Waals surface area contributed by atoms with Gasteiger partial charge in [0.15, 0.2) is 0 Å². The molecule has 1 amide bonds. The maximum atomic E-state index is 12.0. The first kappa shape index (κ1) is 18.4. The summed E-state index contributed by atoms with van der Waals surface area (Å²) in [6.45, 7) is 8.64. The number of morpholine rings is 1. The van der Waals surface area contributed by atoms with Gasteiger partial charge in [0.25, 0.3) is 0 Å². The number of unbranched alkanes of at least 4 members (excludes halogenated alkanes) is 1. The quantitative estimate of drug-likeness (QED) is 0.541. The third-order valence-corrected chi connectivity index (χ3v) is 7.50. The molecule has 0 aliphatic carbocycles. The highest BCUT2D eigenvalue weighted by atomic mass is 33.1. The smallest absolute Gasteiger partial charge is 0.220 e. The fourth-order valence-corrected chi connectivity index (χ4v) is 5.93. The summed E-state index contributed by atoms with van der Waals surface area (Å²) in [5.74, 6) is 1.50. The van der Waals surface area contributed by atoms with Gasteiger partial charge in [-0.25, -0.2) is 0 Å². The van der Waals surface area contributed by atoms with Gasteiger partial charge < -0.3 is 10.1 Å². The van der Waals surface area contributed by atoms with Gasteiger partial charge >= 0.3 is 0 Å². The maximum Gasteiger partial charge on any atom is 0.220 e. The Kier molecular flexibility index (Phi) is 7.88. The number of amides is 1. The Morgan fingerprint density at radius 2 is 2.09 bits per heavy atom. The van der Waals surface area contributed by atoms with Crippen LogP contribution in [0.2, 0.25) is 0 Å². The highest BCUT2D eigenvalue weighted by Crippen LogP contribution is 2.39. The van der Waals surface area contributed by atoms with Crippen LogP contribution in [-0.2, 0) is 9.53 Å². The van der Waals surface area contributed by atoms with E-state index in [4.69, 9.17) is 4.74 Å². The average Bonchev–Trinajstić information content (AvgIpc) is 3.04. The van der Waals surface area contributed by atoms with Crippen LogP contribution in [0.1, 0.15) is 46.0 Å². The van der Waals surface area contributed by atoms with E-state index in [9.17, 15) is 4.79 Å². The van der Waals surface area contributed by atoms with Gasteiger partial charge in [0.1, 0.15) is 0 Å². The normalized spacial score (nSPS) is 23.6. The van der Waals surface area contributed by atoms with E-state index in [1.807, 2.05) is 21.6 Å². The number of hydrogen-bond donors (Lipinski definition) is 1. The zero-order chi connectivity index (χ0) is 15.8. The van der Waals surface area contributed by atoms with Crippen molar-refractivity contribution < 1.29 is 9.53 Å². The van der Waals surface area contributed by atoms with Crippen molar-refractivity contribution in [1.82, 2.24) is 10.2 Å². The molecule has 4 nitrogen and oxygen atoms in total. The number of nitrogens with one attached hydrogen (secondary N) is 1. The summed E-state index contributed by atoms with van der Waals surface area (Å²) in [6, 6.07) is 0. The van der Waals surface area contributed by atoms with E-state index in [1.54, 1.807) is 0 Å². The Bertz CT molecular complexity index is 341. The Hall–Kier alpha value is 0.0900. The van der Waals surface area contributed by atoms with E-state index in [1.165, 1.54) is 25.0 Å².